The van der Waals surface area contributed by atoms with Crippen molar-refractivity contribution < 1.29 is 13.2 Å². The molecule has 0 radical (unpaired) electrons. The molecular weight excluding hydrogens is 772 g/mol. The molecule has 0 fully saturated rings. The Hall–Kier alpha value is -7.70. The molecule has 6 heteroatoms. The Labute approximate surface area is 356 Å². The van der Waals surface area contributed by atoms with Crippen molar-refractivity contribution in [3.63, 3.8) is 0 Å². The highest BCUT2D eigenvalue weighted by Crippen LogP contribution is 2.47. The van der Waals surface area contributed by atoms with Gasteiger partial charge in [0.25, 0.3) is 0 Å². The predicted octanol–water partition coefficient (Wildman–Crippen LogP) is 15.6. The van der Waals surface area contributed by atoms with Gasteiger partial charge in [0.15, 0.2) is 0 Å². The third-order valence-corrected chi connectivity index (χ3v) is 12.2. The lowest BCUT2D eigenvalue weighted by Gasteiger charge is -2.23. The maximum Gasteiger partial charge on any atom is 0.420 e. The first kappa shape index (κ1) is 37.3. The van der Waals surface area contributed by atoms with Crippen molar-refractivity contribution in [3.8, 4) is 56.1 Å². The number of hydrogen-bond donors (Lipinski definition) is 0. The lowest BCUT2D eigenvalue weighted by molar-refractivity contribution is -0.137. The van der Waals surface area contributed by atoms with E-state index < -0.39 is 11.7 Å². The molecule has 0 aliphatic heterocycles. The van der Waals surface area contributed by atoms with Gasteiger partial charge in [0.05, 0.1) is 44.8 Å². The predicted molar refractivity (Wildman–Crippen MR) is 249 cm³/mol. The number of hydrogen-bond acceptors (Lipinski definition) is 1. The van der Waals surface area contributed by atoms with Gasteiger partial charge in [0.2, 0.25) is 0 Å². The van der Waals surface area contributed by atoms with E-state index in [0.29, 0.717) is 33.3 Å². The molecule has 0 aliphatic carbocycles. The molecule has 3 heterocycles. The van der Waals surface area contributed by atoms with Crippen LogP contribution in [0.15, 0.2) is 194 Å². The van der Waals surface area contributed by atoms with Crippen LogP contribution in [0.4, 0.5) is 13.2 Å². The summed E-state index contributed by atoms with van der Waals surface area (Å²) in [6, 6.07) is 62.9. The second kappa shape index (κ2) is 14.5. The number of halogens is 3. The zero-order valence-corrected chi connectivity index (χ0v) is 34.0. The molecule has 11 aromatic rings. The Morgan fingerprint density at radius 1 is 0.371 bits per heavy atom. The number of aromatic nitrogens is 3. The zero-order chi connectivity index (χ0) is 42.1. The van der Waals surface area contributed by atoms with E-state index in [1.165, 1.54) is 0 Å². The van der Waals surface area contributed by atoms with Crippen molar-refractivity contribution in [1.29, 1.82) is 0 Å². The fourth-order valence-electron chi connectivity index (χ4n) is 9.36. The van der Waals surface area contributed by atoms with E-state index in [-0.39, 0.29) is 11.4 Å². The summed E-state index contributed by atoms with van der Waals surface area (Å²) in [4.78, 5) is 5.13. The fourth-order valence-corrected chi connectivity index (χ4v) is 9.36. The highest BCUT2D eigenvalue weighted by atomic mass is 19.4. The molecule has 3 nitrogen and oxygen atoms in total. The lowest BCUT2D eigenvalue weighted by atomic mass is 9.98. The van der Waals surface area contributed by atoms with Crippen LogP contribution in [-0.4, -0.2) is 14.1 Å². The normalized spacial score (nSPS) is 12.0. The fraction of sp³-hybridized carbons (Fsp3) is 0.0536. The number of rotatable bonds is 6. The Morgan fingerprint density at radius 2 is 0.806 bits per heavy atom. The van der Waals surface area contributed by atoms with Gasteiger partial charge in [-0.2, -0.15) is 13.2 Å². The Bertz CT molecular complexity index is 3350. The first-order valence-corrected chi connectivity index (χ1v) is 20.7. The van der Waals surface area contributed by atoms with Gasteiger partial charge in [-0.15, -0.1) is 0 Å². The molecule has 0 saturated carbocycles. The SMILES string of the molecule is Cc1ccccc1-c1ccc2c3ccccc3n(-c3cc(-c4cccc(-c5ccccc5)n4)cc(-n4c5ccccc5c5ccc(-c6ccccc6C)cc54)c3C(F)(F)F)c2c1. The van der Waals surface area contributed by atoms with Gasteiger partial charge >= 0.3 is 6.18 Å². The summed E-state index contributed by atoms with van der Waals surface area (Å²) in [5.74, 6) is 0. The zero-order valence-electron chi connectivity index (χ0n) is 34.0. The van der Waals surface area contributed by atoms with Gasteiger partial charge in [0, 0.05) is 32.7 Å². The van der Waals surface area contributed by atoms with Gasteiger partial charge in [-0.25, -0.2) is 4.98 Å². The van der Waals surface area contributed by atoms with Gasteiger partial charge in [-0.05, 0) is 95.8 Å². The van der Waals surface area contributed by atoms with Gasteiger partial charge in [-0.3, -0.25) is 0 Å². The molecule has 298 valence electrons. The van der Waals surface area contributed by atoms with E-state index >= 15 is 13.2 Å². The summed E-state index contributed by atoms with van der Waals surface area (Å²) in [7, 11) is 0. The monoisotopic (exact) mass is 809 g/mol. The first-order valence-electron chi connectivity index (χ1n) is 20.7. The molecule has 0 bridgehead atoms. The van der Waals surface area contributed by atoms with E-state index in [9.17, 15) is 0 Å². The van der Waals surface area contributed by atoms with Crippen LogP contribution in [0.3, 0.4) is 0 Å². The molecule has 62 heavy (non-hydrogen) atoms. The Morgan fingerprint density at radius 3 is 1.31 bits per heavy atom. The number of benzene rings is 8. The molecule has 11 rings (SSSR count). The van der Waals surface area contributed by atoms with Gasteiger partial charge in [0.1, 0.15) is 5.56 Å². The molecule has 0 spiro atoms. The average Bonchev–Trinajstić information content (AvgIpc) is 3.81. The number of para-hydroxylation sites is 2. The topological polar surface area (TPSA) is 22.8 Å². The molecule has 0 amide bonds. The van der Waals surface area contributed by atoms with Crippen molar-refractivity contribution in [2.24, 2.45) is 0 Å². The number of nitrogens with zero attached hydrogens (tertiary/aromatic N) is 3. The third-order valence-electron chi connectivity index (χ3n) is 12.2. The van der Waals surface area contributed by atoms with Gasteiger partial charge < -0.3 is 9.13 Å². The molecule has 8 aromatic carbocycles. The second-order valence-electron chi connectivity index (χ2n) is 16.0. The van der Waals surface area contributed by atoms with E-state index in [0.717, 1.165) is 66.2 Å². The van der Waals surface area contributed by atoms with Crippen molar-refractivity contribution in [2.45, 2.75) is 20.0 Å². The van der Waals surface area contributed by atoms with Crippen molar-refractivity contribution >= 4 is 43.6 Å². The molecule has 3 aromatic heterocycles. The highest BCUT2D eigenvalue weighted by molar-refractivity contribution is 6.12. The van der Waals surface area contributed by atoms with Crippen LogP contribution in [0.2, 0.25) is 0 Å². The van der Waals surface area contributed by atoms with Crippen LogP contribution in [0.25, 0.3) is 99.8 Å². The van der Waals surface area contributed by atoms with Crippen molar-refractivity contribution in [1.82, 2.24) is 14.1 Å². The molecule has 0 unspecified atom stereocenters. The molecule has 0 N–H and O–H groups in total. The quantitative estimate of drug-likeness (QED) is 0.164. The highest BCUT2D eigenvalue weighted by Gasteiger charge is 2.39. The minimum Gasteiger partial charge on any atom is -0.309 e. The number of aryl methyl sites for hydroxylation is 2. The van der Waals surface area contributed by atoms with E-state index in [4.69, 9.17) is 4.98 Å². The van der Waals surface area contributed by atoms with Crippen LogP contribution < -0.4 is 0 Å². The van der Waals surface area contributed by atoms with E-state index in [1.54, 1.807) is 12.1 Å². The minimum absolute atomic E-state index is 0.0195. The summed E-state index contributed by atoms with van der Waals surface area (Å²) < 4.78 is 53.6. The smallest absolute Gasteiger partial charge is 0.309 e. The van der Waals surface area contributed by atoms with Crippen molar-refractivity contribution in [2.75, 3.05) is 0 Å². The number of alkyl halides is 3. The molecule has 0 saturated heterocycles. The van der Waals surface area contributed by atoms with Crippen LogP contribution in [0, 0.1) is 13.8 Å². The van der Waals surface area contributed by atoms with E-state index in [1.807, 2.05) is 155 Å². The Kier molecular flexibility index (Phi) is 8.72. The molecule has 0 atom stereocenters. The molecule has 0 aliphatic rings. The maximum atomic E-state index is 16.7. The summed E-state index contributed by atoms with van der Waals surface area (Å²) >= 11 is 0. The number of fused-ring (bicyclic) bond motifs is 6. The largest absolute Gasteiger partial charge is 0.420 e. The number of pyridine rings is 1. The third kappa shape index (κ3) is 6.09. The van der Waals surface area contributed by atoms with Gasteiger partial charge in [-0.1, -0.05) is 146 Å². The lowest BCUT2D eigenvalue weighted by Crippen LogP contribution is -2.16. The summed E-state index contributed by atoms with van der Waals surface area (Å²) in [6.07, 6.45) is -4.79. The van der Waals surface area contributed by atoms with E-state index in [2.05, 4.69) is 50.2 Å². The van der Waals surface area contributed by atoms with Crippen molar-refractivity contribution in [3.05, 3.63) is 211 Å². The summed E-state index contributed by atoms with van der Waals surface area (Å²) in [5, 5.41) is 3.45. The standard InChI is InChI=1S/C56H38F3N3/c1-35-15-6-8-19-41(35)38-27-29-45-43-21-10-12-25-49(43)61(51(45)31-38)53-33-40(48-24-14-23-47(60-48)37-17-4-3-5-18-37)34-54(55(53)56(57,58)59)62-50-26-13-11-22-44(50)46-30-28-39(32-52(46)62)42-20-9-7-16-36(42)2/h3-34H,1-2H3. The maximum absolute atomic E-state index is 16.7. The summed E-state index contributed by atoms with van der Waals surface area (Å²) in [6.45, 7) is 4.11. The summed E-state index contributed by atoms with van der Waals surface area (Å²) in [5.41, 5.74) is 10.8. The second-order valence-corrected chi connectivity index (χ2v) is 16.0. The Balaban J connectivity index is 1.30. The van der Waals surface area contributed by atoms with Crippen LogP contribution in [0.5, 0.6) is 0 Å². The van der Waals surface area contributed by atoms with Crippen LogP contribution in [-0.2, 0) is 6.18 Å². The van der Waals surface area contributed by atoms with Crippen LogP contribution >= 0.6 is 0 Å². The average molecular weight is 810 g/mol. The first-order chi connectivity index (χ1) is 30.2. The van der Waals surface area contributed by atoms with Crippen LogP contribution in [0.1, 0.15) is 16.7 Å². The minimum atomic E-state index is -4.79. The molecular formula is C56H38F3N3.